The maximum atomic E-state index is 9.57. The predicted molar refractivity (Wildman–Crippen MR) is 57.0 cm³/mol. The van der Waals surface area contributed by atoms with E-state index in [1.54, 1.807) is 6.20 Å². The van der Waals surface area contributed by atoms with Gasteiger partial charge in [0.05, 0.1) is 6.10 Å². The molecule has 0 aromatic carbocycles. The fourth-order valence-electron chi connectivity index (χ4n) is 1.81. The number of nitrogens with zero attached hydrogens (tertiary/aromatic N) is 1. The van der Waals surface area contributed by atoms with Crippen LogP contribution in [0.2, 0.25) is 0 Å². The SMILES string of the molecule is Nc1ncc(CNC2CCCC2O)s1. The average molecular weight is 213 g/mol. The highest BCUT2D eigenvalue weighted by molar-refractivity contribution is 7.15. The molecule has 2 rings (SSSR count). The standard InChI is InChI=1S/C9H15N3OS/c10-9-12-5-6(14-9)4-11-7-2-1-3-8(7)13/h5,7-8,11,13H,1-4H2,(H2,10,12). The third-order valence-corrected chi connectivity index (χ3v) is 3.42. The minimum absolute atomic E-state index is 0.180. The number of hydrogen-bond acceptors (Lipinski definition) is 5. The molecule has 0 spiro atoms. The van der Waals surface area contributed by atoms with Crippen molar-refractivity contribution in [2.24, 2.45) is 0 Å². The van der Waals surface area contributed by atoms with E-state index >= 15 is 0 Å². The van der Waals surface area contributed by atoms with Crippen LogP contribution in [-0.2, 0) is 6.54 Å². The number of rotatable bonds is 3. The molecular weight excluding hydrogens is 198 g/mol. The Kier molecular flexibility index (Phi) is 3.00. The van der Waals surface area contributed by atoms with Crippen molar-refractivity contribution in [3.05, 3.63) is 11.1 Å². The van der Waals surface area contributed by atoms with Gasteiger partial charge in [-0.05, 0) is 19.3 Å². The first-order valence-electron chi connectivity index (χ1n) is 4.87. The maximum absolute atomic E-state index is 9.57. The number of aromatic nitrogens is 1. The topological polar surface area (TPSA) is 71.2 Å². The van der Waals surface area contributed by atoms with Crippen LogP contribution in [0.5, 0.6) is 0 Å². The second-order valence-electron chi connectivity index (χ2n) is 3.65. The molecule has 4 N–H and O–H groups in total. The molecule has 2 atom stereocenters. The Morgan fingerprint density at radius 2 is 2.50 bits per heavy atom. The van der Waals surface area contributed by atoms with Gasteiger partial charge in [0.25, 0.3) is 0 Å². The van der Waals surface area contributed by atoms with Crippen LogP contribution in [0.3, 0.4) is 0 Å². The molecule has 1 aromatic rings. The number of hydrogen-bond donors (Lipinski definition) is 3. The zero-order valence-corrected chi connectivity index (χ0v) is 8.76. The summed E-state index contributed by atoms with van der Waals surface area (Å²) in [6.07, 6.45) is 4.70. The normalized spacial score (nSPS) is 26.9. The molecule has 1 heterocycles. The van der Waals surface area contributed by atoms with Gasteiger partial charge in [0.2, 0.25) is 0 Å². The molecule has 1 fully saturated rings. The van der Waals surface area contributed by atoms with Crippen molar-refractivity contribution >= 4 is 16.5 Å². The summed E-state index contributed by atoms with van der Waals surface area (Å²) in [6.45, 7) is 0.761. The second kappa shape index (κ2) is 4.25. The van der Waals surface area contributed by atoms with Gasteiger partial charge in [-0.15, -0.1) is 11.3 Å². The monoisotopic (exact) mass is 213 g/mol. The number of aliphatic hydroxyl groups is 1. The lowest BCUT2D eigenvalue weighted by Gasteiger charge is -2.15. The van der Waals surface area contributed by atoms with Gasteiger partial charge in [-0.1, -0.05) is 0 Å². The van der Waals surface area contributed by atoms with E-state index in [0.717, 1.165) is 30.7 Å². The first-order valence-corrected chi connectivity index (χ1v) is 5.69. The molecule has 4 nitrogen and oxygen atoms in total. The Labute approximate surface area is 87.2 Å². The van der Waals surface area contributed by atoms with Gasteiger partial charge in [0.1, 0.15) is 0 Å². The molecule has 1 saturated carbocycles. The summed E-state index contributed by atoms with van der Waals surface area (Å²) in [6, 6.07) is 0.248. The Hall–Kier alpha value is -0.650. The van der Waals surface area contributed by atoms with Gasteiger partial charge < -0.3 is 16.2 Å². The van der Waals surface area contributed by atoms with Crippen molar-refractivity contribution in [3.63, 3.8) is 0 Å². The van der Waals surface area contributed by atoms with Crippen LogP contribution in [-0.4, -0.2) is 22.2 Å². The van der Waals surface area contributed by atoms with E-state index in [2.05, 4.69) is 10.3 Å². The first-order chi connectivity index (χ1) is 6.75. The molecule has 78 valence electrons. The fourth-order valence-corrected chi connectivity index (χ4v) is 2.45. The molecule has 0 saturated heterocycles. The molecular formula is C9H15N3OS. The van der Waals surface area contributed by atoms with Crippen LogP contribution in [0.1, 0.15) is 24.1 Å². The van der Waals surface area contributed by atoms with E-state index in [0.29, 0.717) is 5.13 Å². The van der Waals surface area contributed by atoms with Crippen molar-refractivity contribution in [1.82, 2.24) is 10.3 Å². The average Bonchev–Trinajstić information content (AvgIpc) is 2.72. The highest BCUT2D eigenvalue weighted by Crippen LogP contribution is 2.20. The van der Waals surface area contributed by atoms with E-state index in [1.807, 2.05) is 0 Å². The van der Waals surface area contributed by atoms with Crippen molar-refractivity contribution in [1.29, 1.82) is 0 Å². The summed E-state index contributed by atoms with van der Waals surface area (Å²) in [5.41, 5.74) is 5.52. The van der Waals surface area contributed by atoms with Gasteiger partial charge in [0.15, 0.2) is 5.13 Å². The van der Waals surface area contributed by atoms with Gasteiger partial charge >= 0.3 is 0 Å². The zero-order chi connectivity index (χ0) is 9.97. The first kappa shape index (κ1) is 9.89. The number of anilines is 1. The van der Waals surface area contributed by atoms with Crippen molar-refractivity contribution in [2.75, 3.05) is 5.73 Å². The lowest BCUT2D eigenvalue weighted by Crippen LogP contribution is -2.34. The smallest absolute Gasteiger partial charge is 0.180 e. The Balaban J connectivity index is 1.82. The number of nitrogen functional groups attached to an aromatic ring is 1. The van der Waals surface area contributed by atoms with Crippen LogP contribution in [0, 0.1) is 0 Å². The predicted octanol–water partition coefficient (Wildman–Crippen LogP) is 0.728. The molecule has 2 unspecified atom stereocenters. The molecule has 1 aromatic heterocycles. The summed E-state index contributed by atoms with van der Waals surface area (Å²) in [5, 5.41) is 13.5. The Bertz CT molecular complexity index is 302. The van der Waals surface area contributed by atoms with Crippen molar-refractivity contribution in [2.45, 2.75) is 38.0 Å². The third-order valence-electron chi connectivity index (χ3n) is 2.59. The lowest BCUT2D eigenvalue weighted by molar-refractivity contribution is 0.149. The Morgan fingerprint density at radius 3 is 3.07 bits per heavy atom. The maximum Gasteiger partial charge on any atom is 0.180 e. The van der Waals surface area contributed by atoms with Gasteiger partial charge in [-0.3, -0.25) is 0 Å². The summed E-state index contributed by atoms with van der Waals surface area (Å²) < 4.78 is 0. The molecule has 14 heavy (non-hydrogen) atoms. The molecule has 1 aliphatic rings. The molecule has 5 heteroatoms. The van der Waals surface area contributed by atoms with Crippen molar-refractivity contribution < 1.29 is 5.11 Å². The molecule has 0 aliphatic heterocycles. The van der Waals surface area contributed by atoms with E-state index < -0.39 is 0 Å². The van der Waals surface area contributed by atoms with Crippen LogP contribution in [0.25, 0.3) is 0 Å². The Morgan fingerprint density at radius 1 is 1.64 bits per heavy atom. The van der Waals surface area contributed by atoms with E-state index in [1.165, 1.54) is 11.3 Å². The fraction of sp³-hybridized carbons (Fsp3) is 0.667. The number of nitrogens with one attached hydrogen (secondary N) is 1. The highest BCUT2D eigenvalue weighted by atomic mass is 32.1. The van der Waals surface area contributed by atoms with E-state index in [-0.39, 0.29) is 12.1 Å². The number of thiazole rings is 1. The lowest BCUT2D eigenvalue weighted by atomic mass is 10.2. The molecule has 0 bridgehead atoms. The van der Waals surface area contributed by atoms with Gasteiger partial charge in [-0.25, -0.2) is 4.98 Å². The summed E-state index contributed by atoms with van der Waals surface area (Å²) in [7, 11) is 0. The quantitative estimate of drug-likeness (QED) is 0.692. The van der Waals surface area contributed by atoms with Gasteiger partial charge in [0, 0.05) is 23.7 Å². The third kappa shape index (κ3) is 2.23. The van der Waals surface area contributed by atoms with E-state index in [9.17, 15) is 5.11 Å². The molecule has 0 radical (unpaired) electrons. The van der Waals surface area contributed by atoms with E-state index in [4.69, 9.17) is 5.73 Å². The summed E-state index contributed by atoms with van der Waals surface area (Å²) >= 11 is 1.49. The summed E-state index contributed by atoms with van der Waals surface area (Å²) in [5.74, 6) is 0. The highest BCUT2D eigenvalue weighted by Gasteiger charge is 2.24. The summed E-state index contributed by atoms with van der Waals surface area (Å²) in [4.78, 5) is 5.10. The van der Waals surface area contributed by atoms with Crippen molar-refractivity contribution in [3.8, 4) is 0 Å². The second-order valence-corrected chi connectivity index (χ2v) is 4.80. The minimum Gasteiger partial charge on any atom is -0.392 e. The van der Waals surface area contributed by atoms with Crippen LogP contribution in [0.15, 0.2) is 6.20 Å². The number of nitrogens with two attached hydrogens (primary N) is 1. The van der Waals surface area contributed by atoms with Crippen LogP contribution in [0.4, 0.5) is 5.13 Å². The largest absolute Gasteiger partial charge is 0.392 e. The number of aliphatic hydroxyl groups excluding tert-OH is 1. The zero-order valence-electron chi connectivity index (χ0n) is 7.94. The molecule has 1 aliphatic carbocycles. The van der Waals surface area contributed by atoms with Crippen LogP contribution >= 0.6 is 11.3 Å². The minimum atomic E-state index is -0.180. The molecule has 0 amide bonds. The van der Waals surface area contributed by atoms with Crippen LogP contribution < -0.4 is 11.1 Å². The van der Waals surface area contributed by atoms with Gasteiger partial charge in [-0.2, -0.15) is 0 Å².